The van der Waals surface area contributed by atoms with E-state index in [0.29, 0.717) is 47.7 Å². The Morgan fingerprint density at radius 2 is 0.597 bits per heavy atom. The van der Waals surface area contributed by atoms with Crippen LogP contribution >= 0.6 is 0 Å². The number of hydrogen-bond donors (Lipinski definition) is 0. The standard InChI is InChI=1S/C58H115N9/c1-44-37-60(47-27-33-63(34-28-47)54(6,7)8)39-49(65(44)56(12,13)14)21-23-51-41-62(46-25-31-59(32-26-46)43-53(3,4)5)42-52(67(51)58(18,19)20)24-22-50-40-61(38-45(2)66(50)57(15,16)17)48-29-35-64(36-30-48)55(9,10)11/h44-52H,21-43H2,1-20H3/t44-,45-,49-,50+,51+,52-/m1/s1. The second-order valence-electron chi connectivity index (χ2n) is 29.9. The molecule has 9 nitrogen and oxygen atoms in total. The van der Waals surface area contributed by atoms with Gasteiger partial charge in [0.25, 0.3) is 0 Å². The molecule has 6 saturated heterocycles. The molecule has 0 bridgehead atoms. The lowest BCUT2D eigenvalue weighted by Gasteiger charge is -2.58. The van der Waals surface area contributed by atoms with E-state index < -0.39 is 0 Å². The summed E-state index contributed by atoms with van der Waals surface area (Å²) in [4.78, 5) is 26.4. The van der Waals surface area contributed by atoms with Crippen molar-refractivity contribution in [3.05, 3.63) is 0 Å². The van der Waals surface area contributed by atoms with Gasteiger partial charge in [0.05, 0.1) is 0 Å². The molecule has 392 valence electrons. The number of rotatable bonds is 10. The lowest BCUT2D eigenvalue weighted by atomic mass is 9.85. The van der Waals surface area contributed by atoms with Crippen LogP contribution in [0.1, 0.15) is 203 Å². The SMILES string of the molecule is C[C@@H]1CN(C2CCN(C(C)(C)C)CC2)C[C@@H](CC[C@H]2CN(C3CCN(CC(C)(C)C)CC3)C[C@@H](CC[C@H]3CN(C4CCN(C(C)(C)C)CC4)C[C@@H](C)N3C(C)(C)C)N2C(C)(C)C)N1C(C)(C)C. The van der Waals surface area contributed by atoms with E-state index in [2.05, 4.69) is 183 Å². The molecule has 6 rings (SSSR count). The van der Waals surface area contributed by atoms with Gasteiger partial charge in [-0.05, 0) is 200 Å². The van der Waals surface area contributed by atoms with Crippen molar-refractivity contribution in [3.63, 3.8) is 0 Å². The van der Waals surface area contributed by atoms with Crippen LogP contribution < -0.4 is 0 Å². The summed E-state index contributed by atoms with van der Waals surface area (Å²) in [5.41, 5.74) is 1.33. The average Bonchev–Trinajstić information content (AvgIpc) is 3.19. The third-order valence-electron chi connectivity index (χ3n) is 17.9. The van der Waals surface area contributed by atoms with Gasteiger partial charge in [0.15, 0.2) is 0 Å². The third kappa shape index (κ3) is 14.7. The second-order valence-corrected chi connectivity index (χ2v) is 29.9. The molecule has 6 aliphatic rings. The van der Waals surface area contributed by atoms with Crippen molar-refractivity contribution in [2.24, 2.45) is 5.41 Å². The molecule has 0 spiro atoms. The van der Waals surface area contributed by atoms with Crippen molar-refractivity contribution < 1.29 is 0 Å². The lowest BCUT2D eigenvalue weighted by molar-refractivity contribution is -0.0844. The van der Waals surface area contributed by atoms with Gasteiger partial charge in [-0.3, -0.25) is 39.2 Å². The molecule has 0 aromatic heterocycles. The van der Waals surface area contributed by atoms with E-state index in [-0.39, 0.29) is 27.7 Å². The minimum absolute atomic E-state index is 0.116. The zero-order valence-electron chi connectivity index (χ0n) is 48.5. The molecular weight excluding hydrogens is 823 g/mol. The highest BCUT2D eigenvalue weighted by molar-refractivity contribution is 5.03. The smallest absolute Gasteiger partial charge is 0.0232 e. The van der Waals surface area contributed by atoms with Gasteiger partial charge in [-0.25, -0.2) is 0 Å². The van der Waals surface area contributed by atoms with Gasteiger partial charge in [0, 0.05) is 154 Å². The Labute approximate surface area is 417 Å². The number of likely N-dealkylation sites (tertiary alicyclic amines) is 3. The zero-order chi connectivity index (χ0) is 49.7. The molecule has 6 atom stereocenters. The largest absolute Gasteiger partial charge is 0.303 e. The molecule has 0 aliphatic carbocycles. The molecule has 67 heavy (non-hydrogen) atoms. The van der Waals surface area contributed by atoms with Crippen LogP contribution in [0.3, 0.4) is 0 Å². The van der Waals surface area contributed by atoms with Crippen LogP contribution in [0, 0.1) is 5.41 Å². The molecule has 0 unspecified atom stereocenters. The predicted molar refractivity (Wildman–Crippen MR) is 290 cm³/mol. The summed E-state index contributed by atoms with van der Waals surface area (Å²) < 4.78 is 0. The normalized spacial score (nSPS) is 31.9. The van der Waals surface area contributed by atoms with E-state index in [1.165, 1.54) is 149 Å². The average molecular weight is 939 g/mol. The summed E-state index contributed by atoms with van der Waals surface area (Å²) in [5, 5.41) is 0. The van der Waals surface area contributed by atoms with E-state index in [4.69, 9.17) is 0 Å². The monoisotopic (exact) mass is 938 g/mol. The maximum absolute atomic E-state index is 3.12. The summed E-state index contributed by atoms with van der Waals surface area (Å²) in [5.74, 6) is 0. The van der Waals surface area contributed by atoms with Crippen LogP contribution in [-0.4, -0.2) is 211 Å². The van der Waals surface area contributed by atoms with E-state index in [1.807, 2.05) is 0 Å². The van der Waals surface area contributed by atoms with Gasteiger partial charge in [0.2, 0.25) is 0 Å². The molecule has 0 aromatic carbocycles. The van der Waals surface area contributed by atoms with Crippen molar-refractivity contribution in [1.29, 1.82) is 0 Å². The fourth-order valence-electron chi connectivity index (χ4n) is 15.5. The van der Waals surface area contributed by atoms with Crippen LogP contribution in [0.15, 0.2) is 0 Å². The van der Waals surface area contributed by atoms with Gasteiger partial charge >= 0.3 is 0 Å². The fourth-order valence-corrected chi connectivity index (χ4v) is 15.5. The highest BCUT2D eigenvalue weighted by Gasteiger charge is 2.47. The molecule has 0 saturated carbocycles. The predicted octanol–water partition coefficient (Wildman–Crippen LogP) is 10.1. The van der Waals surface area contributed by atoms with Gasteiger partial charge in [0.1, 0.15) is 0 Å². The molecule has 9 heteroatoms. The molecule has 0 aromatic rings. The van der Waals surface area contributed by atoms with Crippen molar-refractivity contribution in [2.75, 3.05) is 85.1 Å². The Morgan fingerprint density at radius 3 is 0.866 bits per heavy atom. The quantitative estimate of drug-likeness (QED) is 0.213. The highest BCUT2D eigenvalue weighted by atomic mass is 15.4. The lowest BCUT2D eigenvalue weighted by Crippen LogP contribution is -2.68. The van der Waals surface area contributed by atoms with Crippen LogP contribution in [0.2, 0.25) is 0 Å². The third-order valence-corrected chi connectivity index (χ3v) is 17.9. The summed E-state index contributed by atoms with van der Waals surface area (Å²) in [7, 11) is 0. The Kier molecular flexibility index (Phi) is 18.0. The summed E-state index contributed by atoms with van der Waals surface area (Å²) in [6.45, 7) is 65.6. The summed E-state index contributed by atoms with van der Waals surface area (Å²) in [6.07, 6.45) is 13.1. The van der Waals surface area contributed by atoms with Gasteiger partial charge in [-0.2, -0.15) is 0 Å². The first-order valence-electron chi connectivity index (χ1n) is 28.6. The van der Waals surface area contributed by atoms with Crippen molar-refractivity contribution in [3.8, 4) is 0 Å². The number of piperazine rings is 3. The van der Waals surface area contributed by atoms with Gasteiger partial charge in [-0.15, -0.1) is 0 Å². The summed E-state index contributed by atoms with van der Waals surface area (Å²) >= 11 is 0. The molecule has 6 fully saturated rings. The Hall–Kier alpha value is -0.360. The van der Waals surface area contributed by atoms with E-state index >= 15 is 0 Å². The molecule has 0 amide bonds. The van der Waals surface area contributed by atoms with E-state index in [1.54, 1.807) is 0 Å². The van der Waals surface area contributed by atoms with Crippen molar-refractivity contribution in [2.45, 2.75) is 285 Å². The number of nitrogens with zero attached hydrogens (tertiary/aromatic N) is 9. The first-order valence-corrected chi connectivity index (χ1v) is 28.6. The van der Waals surface area contributed by atoms with Crippen molar-refractivity contribution in [1.82, 2.24) is 44.1 Å². The van der Waals surface area contributed by atoms with Crippen LogP contribution in [0.5, 0.6) is 0 Å². The van der Waals surface area contributed by atoms with Crippen LogP contribution in [0.25, 0.3) is 0 Å². The van der Waals surface area contributed by atoms with Gasteiger partial charge < -0.3 is 4.90 Å². The number of piperidine rings is 3. The minimum atomic E-state index is 0.116. The molecule has 0 radical (unpaired) electrons. The zero-order valence-corrected chi connectivity index (χ0v) is 48.5. The van der Waals surface area contributed by atoms with Gasteiger partial charge in [-0.1, -0.05) is 20.8 Å². The Bertz CT molecular complexity index is 1410. The maximum atomic E-state index is 3.12. The topological polar surface area (TPSA) is 29.2 Å². The molecule has 0 N–H and O–H groups in total. The maximum Gasteiger partial charge on any atom is 0.0232 e. The first-order chi connectivity index (χ1) is 30.8. The molecule has 6 aliphatic heterocycles. The van der Waals surface area contributed by atoms with E-state index in [9.17, 15) is 0 Å². The minimum Gasteiger partial charge on any atom is -0.303 e. The highest BCUT2D eigenvalue weighted by Crippen LogP contribution is 2.39. The van der Waals surface area contributed by atoms with Crippen LogP contribution in [0.4, 0.5) is 0 Å². The van der Waals surface area contributed by atoms with Crippen molar-refractivity contribution >= 4 is 0 Å². The Balaban J connectivity index is 1.24. The first kappa shape index (κ1) is 55.9. The van der Waals surface area contributed by atoms with E-state index in [0.717, 1.165) is 12.1 Å². The Morgan fingerprint density at radius 1 is 0.328 bits per heavy atom. The number of hydrogen-bond acceptors (Lipinski definition) is 9. The van der Waals surface area contributed by atoms with Crippen LogP contribution in [-0.2, 0) is 0 Å². The molecule has 6 heterocycles. The second kappa shape index (κ2) is 21.6. The fraction of sp³-hybridized carbons (Fsp3) is 1.00. The molecular formula is C58H115N9. The summed E-state index contributed by atoms with van der Waals surface area (Å²) in [6, 6.07) is 5.61.